The first-order valence-electron chi connectivity index (χ1n) is 6.31. The molecule has 0 aromatic carbocycles. The topological polar surface area (TPSA) is 54.9 Å². The Balaban J connectivity index is 1.78. The maximum absolute atomic E-state index is 12.3. The second-order valence-electron chi connectivity index (χ2n) is 5.22. The van der Waals surface area contributed by atoms with Crippen molar-refractivity contribution in [1.29, 1.82) is 0 Å². The predicted molar refractivity (Wildman–Crippen MR) is 63.8 cm³/mol. The van der Waals surface area contributed by atoms with Gasteiger partial charge in [-0.05, 0) is 32.6 Å². The van der Waals surface area contributed by atoms with Gasteiger partial charge in [0.1, 0.15) is 5.69 Å². The molecule has 0 radical (unpaired) electrons. The summed E-state index contributed by atoms with van der Waals surface area (Å²) in [5, 5.41) is 3.55. The third-order valence-corrected chi connectivity index (χ3v) is 3.85. The first-order chi connectivity index (χ1) is 8.22. The Kier molecular flexibility index (Phi) is 2.67. The number of nitrogens with one attached hydrogen (secondary N) is 1. The maximum atomic E-state index is 12.3. The zero-order chi connectivity index (χ0) is 11.8. The number of aromatic nitrogens is 2. The zero-order valence-corrected chi connectivity index (χ0v) is 10.0. The second-order valence-corrected chi connectivity index (χ2v) is 5.22. The van der Waals surface area contributed by atoms with E-state index in [0.29, 0.717) is 17.8 Å². The molecule has 2 bridgehead atoms. The van der Waals surface area contributed by atoms with Crippen molar-refractivity contribution in [2.24, 2.45) is 5.92 Å². The molecule has 4 nitrogen and oxygen atoms in total. The summed E-state index contributed by atoms with van der Waals surface area (Å²) in [4.78, 5) is 20.7. The summed E-state index contributed by atoms with van der Waals surface area (Å²) >= 11 is 0. The van der Waals surface area contributed by atoms with E-state index in [1.807, 2.05) is 6.92 Å². The van der Waals surface area contributed by atoms with Crippen molar-refractivity contribution in [2.45, 2.75) is 44.7 Å². The van der Waals surface area contributed by atoms with Crippen molar-refractivity contribution in [3.8, 4) is 0 Å². The molecule has 2 aliphatic heterocycles. The molecule has 2 fully saturated rings. The summed E-state index contributed by atoms with van der Waals surface area (Å²) in [5.74, 6) is 0.324. The summed E-state index contributed by atoms with van der Waals surface area (Å²) in [7, 11) is 0. The van der Waals surface area contributed by atoms with Gasteiger partial charge in [-0.25, -0.2) is 4.98 Å². The van der Waals surface area contributed by atoms with Crippen molar-refractivity contribution in [1.82, 2.24) is 15.3 Å². The highest BCUT2D eigenvalue weighted by molar-refractivity contribution is 5.96. The molecule has 2 saturated heterocycles. The minimum Gasteiger partial charge on any atom is -0.311 e. The highest BCUT2D eigenvalue weighted by atomic mass is 16.1. The molecule has 90 valence electrons. The lowest BCUT2D eigenvalue weighted by Crippen LogP contribution is -2.40. The van der Waals surface area contributed by atoms with E-state index in [-0.39, 0.29) is 11.7 Å². The Hall–Kier alpha value is -1.29. The molecule has 0 saturated carbocycles. The van der Waals surface area contributed by atoms with E-state index in [9.17, 15) is 4.79 Å². The molecule has 2 aliphatic rings. The smallest absolute Gasteiger partial charge is 0.185 e. The third-order valence-electron chi connectivity index (χ3n) is 3.85. The Morgan fingerprint density at radius 3 is 2.65 bits per heavy atom. The van der Waals surface area contributed by atoms with E-state index in [1.165, 1.54) is 12.8 Å². The summed E-state index contributed by atoms with van der Waals surface area (Å²) in [6.45, 7) is 1.87. The number of fused-ring (bicyclic) bond motifs is 2. The molecule has 2 atom stereocenters. The number of hydrogen-bond acceptors (Lipinski definition) is 4. The van der Waals surface area contributed by atoms with Crippen LogP contribution in [0.5, 0.6) is 0 Å². The molecule has 2 unspecified atom stereocenters. The summed E-state index contributed by atoms with van der Waals surface area (Å²) < 4.78 is 0. The first-order valence-corrected chi connectivity index (χ1v) is 6.31. The molecule has 1 aromatic heterocycles. The lowest BCUT2D eigenvalue weighted by atomic mass is 9.87. The molecule has 3 rings (SSSR count). The standard InChI is InChI=1S/C13H17N3O/c1-8-6-14-7-12(15-8)13(17)9-4-10-2-3-11(5-9)16-10/h6-7,9-11,16H,2-5H2,1H3. The van der Waals surface area contributed by atoms with Crippen LogP contribution in [0.4, 0.5) is 0 Å². The quantitative estimate of drug-likeness (QED) is 0.784. The van der Waals surface area contributed by atoms with Gasteiger partial charge >= 0.3 is 0 Å². The number of piperidine rings is 1. The number of carbonyl (C=O) groups excluding carboxylic acids is 1. The molecule has 4 heteroatoms. The van der Waals surface area contributed by atoms with Crippen molar-refractivity contribution >= 4 is 5.78 Å². The maximum Gasteiger partial charge on any atom is 0.185 e. The number of rotatable bonds is 2. The largest absolute Gasteiger partial charge is 0.311 e. The van der Waals surface area contributed by atoms with Gasteiger partial charge in [0.2, 0.25) is 0 Å². The van der Waals surface area contributed by atoms with Gasteiger partial charge in [0.05, 0.1) is 11.9 Å². The Bertz CT molecular complexity index is 434. The van der Waals surface area contributed by atoms with Crippen LogP contribution < -0.4 is 5.32 Å². The lowest BCUT2D eigenvalue weighted by molar-refractivity contribution is 0.0869. The minimum atomic E-state index is 0.143. The number of hydrogen-bond donors (Lipinski definition) is 1. The lowest BCUT2D eigenvalue weighted by Gasteiger charge is -2.27. The van der Waals surface area contributed by atoms with Crippen LogP contribution in [-0.2, 0) is 0 Å². The van der Waals surface area contributed by atoms with Gasteiger partial charge in [-0.3, -0.25) is 9.78 Å². The average Bonchev–Trinajstić information content (AvgIpc) is 2.67. The van der Waals surface area contributed by atoms with Gasteiger partial charge < -0.3 is 5.32 Å². The van der Waals surface area contributed by atoms with Gasteiger partial charge in [-0.2, -0.15) is 0 Å². The van der Waals surface area contributed by atoms with Crippen LogP contribution in [0.3, 0.4) is 0 Å². The van der Waals surface area contributed by atoms with Gasteiger partial charge in [-0.15, -0.1) is 0 Å². The molecule has 0 aliphatic carbocycles. The Morgan fingerprint density at radius 1 is 1.29 bits per heavy atom. The zero-order valence-electron chi connectivity index (χ0n) is 10.0. The number of ketones is 1. The molecule has 1 N–H and O–H groups in total. The monoisotopic (exact) mass is 231 g/mol. The van der Waals surface area contributed by atoms with Crippen molar-refractivity contribution < 1.29 is 4.79 Å². The van der Waals surface area contributed by atoms with E-state index in [1.54, 1.807) is 12.4 Å². The average molecular weight is 231 g/mol. The third kappa shape index (κ3) is 2.09. The van der Waals surface area contributed by atoms with Gasteiger partial charge in [0.25, 0.3) is 0 Å². The molecule has 3 heterocycles. The van der Waals surface area contributed by atoms with Crippen LogP contribution >= 0.6 is 0 Å². The van der Waals surface area contributed by atoms with Crippen LogP contribution in [0.15, 0.2) is 12.4 Å². The molecule has 0 amide bonds. The number of carbonyl (C=O) groups is 1. The SMILES string of the molecule is Cc1cncc(C(=O)C2CC3CCC(C2)N3)n1. The first kappa shape index (κ1) is 10.8. The van der Waals surface area contributed by atoms with Gasteiger partial charge in [0, 0.05) is 24.2 Å². The fourth-order valence-corrected chi connectivity index (χ4v) is 3.06. The fourth-order valence-electron chi connectivity index (χ4n) is 3.06. The van der Waals surface area contributed by atoms with Crippen LogP contribution in [0.1, 0.15) is 41.9 Å². The highest BCUT2D eigenvalue weighted by Crippen LogP contribution is 2.32. The second kappa shape index (κ2) is 4.18. The summed E-state index contributed by atoms with van der Waals surface area (Å²) in [6.07, 6.45) is 7.64. The Labute approximate surface area is 101 Å². The van der Waals surface area contributed by atoms with Crippen LogP contribution in [0.25, 0.3) is 0 Å². The number of Topliss-reactive ketones (excluding diaryl/α,β-unsaturated/α-hetero) is 1. The molecule has 17 heavy (non-hydrogen) atoms. The van der Waals surface area contributed by atoms with Crippen LogP contribution in [0, 0.1) is 12.8 Å². The van der Waals surface area contributed by atoms with E-state index in [2.05, 4.69) is 15.3 Å². The summed E-state index contributed by atoms with van der Waals surface area (Å²) in [5.41, 5.74) is 1.35. The normalized spacial score (nSPS) is 31.5. The molecule has 1 aromatic rings. The van der Waals surface area contributed by atoms with E-state index in [4.69, 9.17) is 0 Å². The van der Waals surface area contributed by atoms with E-state index < -0.39 is 0 Å². The van der Waals surface area contributed by atoms with Gasteiger partial charge in [0.15, 0.2) is 5.78 Å². The van der Waals surface area contributed by atoms with Crippen molar-refractivity contribution in [3.63, 3.8) is 0 Å². The van der Waals surface area contributed by atoms with Gasteiger partial charge in [-0.1, -0.05) is 0 Å². The summed E-state index contributed by atoms with van der Waals surface area (Å²) in [6, 6.07) is 1.08. The number of aryl methyl sites for hydroxylation is 1. The Morgan fingerprint density at radius 2 is 2.00 bits per heavy atom. The molecular formula is C13H17N3O. The van der Waals surface area contributed by atoms with Crippen LogP contribution in [0.2, 0.25) is 0 Å². The fraction of sp³-hybridized carbons (Fsp3) is 0.615. The van der Waals surface area contributed by atoms with E-state index in [0.717, 1.165) is 18.5 Å². The minimum absolute atomic E-state index is 0.143. The predicted octanol–water partition coefficient (Wildman–Crippen LogP) is 1.50. The molecular weight excluding hydrogens is 214 g/mol. The van der Waals surface area contributed by atoms with Crippen molar-refractivity contribution in [3.05, 3.63) is 23.8 Å². The van der Waals surface area contributed by atoms with Crippen LogP contribution in [-0.4, -0.2) is 27.8 Å². The number of nitrogens with zero attached hydrogens (tertiary/aromatic N) is 2. The van der Waals surface area contributed by atoms with Crippen molar-refractivity contribution in [2.75, 3.05) is 0 Å². The molecule has 0 spiro atoms. The van der Waals surface area contributed by atoms with E-state index >= 15 is 0 Å². The highest BCUT2D eigenvalue weighted by Gasteiger charge is 2.37.